The number of carbonyl (C=O) groups excluding carboxylic acids is 2. The normalized spacial score (nSPS) is 38.0. The van der Waals surface area contributed by atoms with Crippen LogP contribution in [0.2, 0.25) is 0 Å². The molecule has 2 N–H and O–H groups in total. The van der Waals surface area contributed by atoms with E-state index in [1.165, 1.54) is 32.8 Å². The van der Waals surface area contributed by atoms with E-state index < -0.39 is 0 Å². The van der Waals surface area contributed by atoms with Crippen LogP contribution in [0.5, 0.6) is 0 Å². The Morgan fingerprint density at radius 1 is 0.939 bits per heavy atom. The number of piperidine rings is 1. The van der Waals surface area contributed by atoms with E-state index in [0.717, 1.165) is 64.3 Å². The predicted octanol–water partition coefficient (Wildman–Crippen LogP) is 1.73. The number of rotatable bonds is 7. The zero-order valence-corrected chi connectivity index (χ0v) is 20.8. The van der Waals surface area contributed by atoms with Crippen molar-refractivity contribution in [1.82, 2.24) is 20.4 Å². The SMILES string of the molecule is COC(=O)C1CC2NCN(CC3CCC(OC)CC3)C2CN1CC1CCC(NC(C)=O)CC1. The molecule has 2 aliphatic heterocycles. The molecule has 4 fully saturated rings. The molecule has 0 spiro atoms. The van der Waals surface area contributed by atoms with Gasteiger partial charge < -0.3 is 14.8 Å². The zero-order chi connectivity index (χ0) is 23.4. The highest BCUT2D eigenvalue weighted by Gasteiger charge is 2.45. The molecule has 0 aromatic heterocycles. The average molecular weight is 465 g/mol. The first-order valence-corrected chi connectivity index (χ1v) is 13.1. The summed E-state index contributed by atoms with van der Waals surface area (Å²) in [6.45, 7) is 5.53. The summed E-state index contributed by atoms with van der Waals surface area (Å²) < 4.78 is 10.8. The molecule has 0 aromatic carbocycles. The fraction of sp³-hybridized carbons (Fsp3) is 0.920. The number of ether oxygens (including phenoxy) is 2. The van der Waals surface area contributed by atoms with Gasteiger partial charge in [0, 0.05) is 58.5 Å². The Morgan fingerprint density at radius 2 is 1.58 bits per heavy atom. The quantitative estimate of drug-likeness (QED) is 0.555. The summed E-state index contributed by atoms with van der Waals surface area (Å²) in [5.74, 6) is 1.29. The molecular formula is C25H44N4O4. The van der Waals surface area contributed by atoms with E-state index in [-0.39, 0.29) is 17.9 Å². The summed E-state index contributed by atoms with van der Waals surface area (Å²) in [6.07, 6.45) is 10.4. The summed E-state index contributed by atoms with van der Waals surface area (Å²) in [4.78, 5) is 29.1. The molecule has 3 unspecified atom stereocenters. The lowest BCUT2D eigenvalue weighted by Gasteiger charge is -2.44. The number of methoxy groups -OCH3 is 2. The van der Waals surface area contributed by atoms with Crippen LogP contribution in [0.4, 0.5) is 0 Å². The summed E-state index contributed by atoms with van der Waals surface area (Å²) in [7, 11) is 3.34. The number of carbonyl (C=O) groups is 2. The Morgan fingerprint density at radius 3 is 2.18 bits per heavy atom. The zero-order valence-electron chi connectivity index (χ0n) is 20.8. The van der Waals surface area contributed by atoms with Gasteiger partial charge in [-0.25, -0.2) is 0 Å². The molecule has 188 valence electrons. The van der Waals surface area contributed by atoms with Gasteiger partial charge >= 0.3 is 5.97 Å². The molecule has 0 radical (unpaired) electrons. The molecule has 4 rings (SSSR count). The van der Waals surface area contributed by atoms with Gasteiger partial charge in [-0.05, 0) is 69.6 Å². The fourth-order valence-corrected chi connectivity index (χ4v) is 6.76. The van der Waals surface area contributed by atoms with Crippen molar-refractivity contribution in [1.29, 1.82) is 0 Å². The second-order valence-corrected chi connectivity index (χ2v) is 10.8. The van der Waals surface area contributed by atoms with Crippen LogP contribution < -0.4 is 10.6 Å². The number of hydrogen-bond acceptors (Lipinski definition) is 7. The Bertz CT molecular complexity index is 661. The monoisotopic (exact) mass is 464 g/mol. The number of likely N-dealkylation sites (tertiary alicyclic amines) is 1. The van der Waals surface area contributed by atoms with E-state index in [4.69, 9.17) is 9.47 Å². The van der Waals surface area contributed by atoms with Gasteiger partial charge in [-0.3, -0.25) is 24.7 Å². The van der Waals surface area contributed by atoms with Gasteiger partial charge in [-0.2, -0.15) is 0 Å². The van der Waals surface area contributed by atoms with E-state index in [0.29, 0.717) is 30.1 Å². The van der Waals surface area contributed by atoms with Crippen LogP contribution in [0, 0.1) is 11.8 Å². The highest BCUT2D eigenvalue weighted by atomic mass is 16.5. The first-order chi connectivity index (χ1) is 16.0. The third kappa shape index (κ3) is 6.27. The lowest BCUT2D eigenvalue weighted by Crippen LogP contribution is -2.59. The maximum atomic E-state index is 12.7. The second kappa shape index (κ2) is 11.5. The molecule has 2 aliphatic carbocycles. The molecular weight excluding hydrogens is 420 g/mol. The molecule has 0 aromatic rings. The van der Waals surface area contributed by atoms with Crippen molar-refractivity contribution >= 4 is 11.9 Å². The van der Waals surface area contributed by atoms with E-state index in [2.05, 4.69) is 20.4 Å². The van der Waals surface area contributed by atoms with Gasteiger partial charge in [0.05, 0.1) is 13.2 Å². The van der Waals surface area contributed by atoms with Crippen LogP contribution in [0.1, 0.15) is 64.7 Å². The smallest absolute Gasteiger partial charge is 0.323 e. The Hall–Kier alpha value is -1.22. The summed E-state index contributed by atoms with van der Waals surface area (Å²) in [6, 6.07) is 0.968. The summed E-state index contributed by atoms with van der Waals surface area (Å²) in [5, 5.41) is 6.78. The van der Waals surface area contributed by atoms with Crippen molar-refractivity contribution in [3.8, 4) is 0 Å². The first kappa shape index (κ1) is 24.9. The Kier molecular flexibility index (Phi) is 8.65. The summed E-state index contributed by atoms with van der Waals surface area (Å²) in [5.41, 5.74) is 0. The first-order valence-electron chi connectivity index (χ1n) is 13.1. The molecule has 1 amide bonds. The molecule has 8 heteroatoms. The molecule has 0 bridgehead atoms. The minimum absolute atomic E-state index is 0.0656. The standard InChI is InChI=1S/C25H44N4O4/c1-17(30)27-20-8-4-18(5-9-20)13-28-15-24-22(12-23(28)25(31)33-3)26-16-29(24)14-19-6-10-21(32-2)11-7-19/h18-24,26H,4-16H2,1-3H3,(H,27,30). The van der Waals surface area contributed by atoms with Crippen LogP contribution in [0.15, 0.2) is 0 Å². The van der Waals surface area contributed by atoms with Crippen molar-refractivity contribution < 1.29 is 19.1 Å². The van der Waals surface area contributed by atoms with Crippen molar-refractivity contribution in [2.75, 3.05) is 40.5 Å². The number of amides is 1. The van der Waals surface area contributed by atoms with Gasteiger partial charge in [0.2, 0.25) is 5.91 Å². The lowest BCUT2D eigenvalue weighted by molar-refractivity contribution is -0.149. The number of nitrogens with zero attached hydrogens (tertiary/aromatic N) is 2. The molecule has 3 atom stereocenters. The highest BCUT2D eigenvalue weighted by molar-refractivity contribution is 5.76. The van der Waals surface area contributed by atoms with Gasteiger partial charge in [0.1, 0.15) is 6.04 Å². The second-order valence-electron chi connectivity index (χ2n) is 10.8. The van der Waals surface area contributed by atoms with E-state index >= 15 is 0 Å². The van der Waals surface area contributed by atoms with Crippen molar-refractivity contribution in [2.45, 2.75) is 95.0 Å². The molecule has 4 aliphatic rings. The fourth-order valence-electron chi connectivity index (χ4n) is 6.76. The Balaban J connectivity index is 1.34. The van der Waals surface area contributed by atoms with E-state index in [1.807, 2.05) is 7.11 Å². The van der Waals surface area contributed by atoms with E-state index in [9.17, 15) is 9.59 Å². The van der Waals surface area contributed by atoms with E-state index in [1.54, 1.807) is 6.92 Å². The molecule has 33 heavy (non-hydrogen) atoms. The van der Waals surface area contributed by atoms with Gasteiger partial charge in [0.15, 0.2) is 0 Å². The number of hydrogen-bond donors (Lipinski definition) is 2. The molecule has 2 heterocycles. The highest BCUT2D eigenvalue weighted by Crippen LogP contribution is 2.33. The molecule has 2 saturated carbocycles. The number of nitrogens with one attached hydrogen (secondary N) is 2. The topological polar surface area (TPSA) is 83.1 Å². The van der Waals surface area contributed by atoms with Crippen molar-refractivity contribution in [2.24, 2.45) is 11.8 Å². The van der Waals surface area contributed by atoms with Crippen molar-refractivity contribution in [3.05, 3.63) is 0 Å². The number of fused-ring (bicyclic) bond motifs is 1. The van der Waals surface area contributed by atoms with Crippen LogP contribution in [-0.2, 0) is 19.1 Å². The van der Waals surface area contributed by atoms with Gasteiger partial charge in [-0.1, -0.05) is 0 Å². The van der Waals surface area contributed by atoms with Crippen LogP contribution in [0.25, 0.3) is 0 Å². The average Bonchev–Trinajstić information content (AvgIpc) is 3.21. The van der Waals surface area contributed by atoms with Crippen LogP contribution in [-0.4, -0.2) is 92.5 Å². The van der Waals surface area contributed by atoms with Crippen LogP contribution in [0.3, 0.4) is 0 Å². The molecule has 8 nitrogen and oxygen atoms in total. The third-order valence-corrected chi connectivity index (χ3v) is 8.67. The largest absolute Gasteiger partial charge is 0.468 e. The number of esters is 1. The van der Waals surface area contributed by atoms with Crippen LogP contribution >= 0.6 is 0 Å². The third-order valence-electron chi connectivity index (χ3n) is 8.67. The molecule has 2 saturated heterocycles. The predicted molar refractivity (Wildman–Crippen MR) is 127 cm³/mol. The van der Waals surface area contributed by atoms with Gasteiger partial charge in [-0.15, -0.1) is 0 Å². The minimum Gasteiger partial charge on any atom is -0.468 e. The maximum Gasteiger partial charge on any atom is 0.323 e. The van der Waals surface area contributed by atoms with Crippen molar-refractivity contribution in [3.63, 3.8) is 0 Å². The lowest BCUT2D eigenvalue weighted by atomic mass is 9.84. The maximum absolute atomic E-state index is 12.7. The van der Waals surface area contributed by atoms with Gasteiger partial charge in [0.25, 0.3) is 0 Å². The Labute approximate surface area is 199 Å². The summed E-state index contributed by atoms with van der Waals surface area (Å²) >= 11 is 0. The minimum atomic E-state index is -0.158.